The lowest BCUT2D eigenvalue weighted by Gasteiger charge is -2.44. The van der Waals surface area contributed by atoms with E-state index in [0.29, 0.717) is 31.2 Å². The topological polar surface area (TPSA) is 59.1 Å². The maximum Gasteiger partial charge on any atom is 0.421 e. The summed E-state index contributed by atoms with van der Waals surface area (Å²) < 4.78 is 10.9. The minimum Gasteiger partial charge on any atom is -0.398 e. The van der Waals surface area contributed by atoms with Crippen LogP contribution in [-0.4, -0.2) is 47.3 Å². The number of piperazine rings is 1. The molecule has 2 aliphatic heterocycles. The van der Waals surface area contributed by atoms with Gasteiger partial charge in [-0.1, -0.05) is 54.9 Å². The quantitative estimate of drug-likeness (QED) is 0.553. The van der Waals surface area contributed by atoms with Gasteiger partial charge in [-0.25, -0.2) is 14.5 Å². The van der Waals surface area contributed by atoms with Crippen molar-refractivity contribution >= 4 is 23.5 Å². The van der Waals surface area contributed by atoms with E-state index in [9.17, 15) is 9.59 Å². The van der Waals surface area contributed by atoms with E-state index >= 15 is 0 Å². The van der Waals surface area contributed by atoms with Crippen LogP contribution in [0.15, 0.2) is 48.5 Å². The number of hydrogen-bond donors (Lipinski definition) is 0. The van der Waals surface area contributed by atoms with E-state index in [1.54, 1.807) is 6.07 Å². The Morgan fingerprint density at radius 2 is 1.62 bits per heavy atom. The molecule has 0 aromatic heterocycles. The molecule has 0 amide bonds. The van der Waals surface area contributed by atoms with Crippen molar-refractivity contribution in [1.82, 2.24) is 9.80 Å². The molecule has 29 heavy (non-hydrogen) atoms. The first-order valence-corrected chi connectivity index (χ1v) is 10.1. The summed E-state index contributed by atoms with van der Waals surface area (Å²) >= 11 is 6.10. The molecule has 6 nitrogen and oxygen atoms in total. The Hall–Kier alpha value is -2.41. The molecule has 2 heterocycles. The Morgan fingerprint density at radius 3 is 2.28 bits per heavy atom. The zero-order valence-electron chi connectivity index (χ0n) is 16.3. The molecule has 0 N–H and O–H groups in total. The smallest absolute Gasteiger partial charge is 0.398 e. The molecule has 0 aliphatic carbocycles. The van der Waals surface area contributed by atoms with Gasteiger partial charge in [0.05, 0.1) is 6.54 Å². The lowest BCUT2D eigenvalue weighted by molar-refractivity contribution is -0.275. The average Bonchev–Trinajstić information content (AvgIpc) is 2.98. The van der Waals surface area contributed by atoms with E-state index < -0.39 is 17.8 Å². The standard InChI is InChI=1S/C22H23ClN2O4/c1-2-16-6-8-17(9-7-16)13-24-10-11-25(14-18-4-3-5-19(23)12-18)22(15-24)28-20(26)21(27)29-22/h3-9,12H,2,10-11,13-15H2,1H3. The van der Waals surface area contributed by atoms with E-state index in [-0.39, 0.29) is 0 Å². The van der Waals surface area contributed by atoms with Gasteiger partial charge in [-0.05, 0) is 35.2 Å². The lowest BCUT2D eigenvalue weighted by Crippen LogP contribution is -2.62. The summed E-state index contributed by atoms with van der Waals surface area (Å²) in [5.74, 6) is -3.30. The number of ether oxygens (including phenoxy) is 2. The van der Waals surface area contributed by atoms with Crippen molar-refractivity contribution in [2.24, 2.45) is 0 Å². The van der Waals surface area contributed by atoms with Crippen LogP contribution in [0.4, 0.5) is 0 Å². The maximum absolute atomic E-state index is 11.9. The summed E-state index contributed by atoms with van der Waals surface area (Å²) in [5.41, 5.74) is 3.41. The highest BCUT2D eigenvalue weighted by Gasteiger charge is 2.55. The zero-order chi connectivity index (χ0) is 20.4. The van der Waals surface area contributed by atoms with Crippen molar-refractivity contribution < 1.29 is 19.1 Å². The van der Waals surface area contributed by atoms with Crippen LogP contribution in [0.2, 0.25) is 5.02 Å². The third-order valence-corrected chi connectivity index (χ3v) is 5.60. The van der Waals surface area contributed by atoms with Gasteiger partial charge in [0, 0.05) is 31.2 Å². The number of hydrogen-bond acceptors (Lipinski definition) is 6. The minimum atomic E-state index is -1.40. The highest BCUT2D eigenvalue weighted by Crippen LogP contribution is 2.32. The normalized spacial score (nSPS) is 19.4. The molecule has 152 valence electrons. The second-order valence-corrected chi connectivity index (χ2v) is 7.86. The van der Waals surface area contributed by atoms with Crippen LogP contribution in [0, 0.1) is 0 Å². The van der Waals surface area contributed by atoms with Gasteiger partial charge in [0.2, 0.25) is 0 Å². The fourth-order valence-corrected chi connectivity index (χ4v) is 4.02. The zero-order valence-corrected chi connectivity index (χ0v) is 17.0. The molecule has 4 rings (SSSR count). The molecule has 0 bridgehead atoms. The van der Waals surface area contributed by atoms with Gasteiger partial charge in [-0.3, -0.25) is 4.90 Å². The molecule has 2 aromatic carbocycles. The van der Waals surface area contributed by atoms with Gasteiger partial charge in [-0.2, -0.15) is 0 Å². The lowest BCUT2D eigenvalue weighted by atomic mass is 10.1. The molecule has 0 radical (unpaired) electrons. The number of aryl methyl sites for hydroxylation is 1. The van der Waals surface area contributed by atoms with Crippen molar-refractivity contribution in [2.45, 2.75) is 32.3 Å². The Morgan fingerprint density at radius 1 is 0.931 bits per heavy atom. The highest BCUT2D eigenvalue weighted by atomic mass is 35.5. The molecular weight excluding hydrogens is 392 g/mol. The molecule has 0 saturated carbocycles. The molecular formula is C22H23ClN2O4. The van der Waals surface area contributed by atoms with Crippen LogP contribution < -0.4 is 0 Å². The predicted octanol–water partition coefficient (Wildman–Crippen LogP) is 2.97. The summed E-state index contributed by atoms with van der Waals surface area (Å²) in [7, 11) is 0. The van der Waals surface area contributed by atoms with Gasteiger partial charge in [0.1, 0.15) is 0 Å². The third kappa shape index (κ3) is 4.29. The fourth-order valence-electron chi connectivity index (χ4n) is 3.81. The van der Waals surface area contributed by atoms with Crippen molar-refractivity contribution in [2.75, 3.05) is 19.6 Å². The molecule has 0 atom stereocenters. The van der Waals surface area contributed by atoms with Gasteiger partial charge in [-0.15, -0.1) is 0 Å². The second-order valence-electron chi connectivity index (χ2n) is 7.42. The number of halogens is 1. The monoisotopic (exact) mass is 414 g/mol. The third-order valence-electron chi connectivity index (χ3n) is 5.36. The second kappa shape index (κ2) is 8.14. The molecule has 7 heteroatoms. The van der Waals surface area contributed by atoms with E-state index in [2.05, 4.69) is 36.1 Å². The molecule has 2 fully saturated rings. The summed E-state index contributed by atoms with van der Waals surface area (Å²) in [6.45, 7) is 4.90. The van der Waals surface area contributed by atoms with E-state index in [0.717, 1.165) is 24.1 Å². The van der Waals surface area contributed by atoms with Crippen LogP contribution >= 0.6 is 11.6 Å². The Bertz CT molecular complexity index is 899. The number of benzene rings is 2. The van der Waals surface area contributed by atoms with Crippen LogP contribution in [-0.2, 0) is 38.6 Å². The van der Waals surface area contributed by atoms with Crippen molar-refractivity contribution in [3.63, 3.8) is 0 Å². The van der Waals surface area contributed by atoms with E-state index in [1.165, 1.54) is 5.56 Å². The SMILES string of the molecule is CCc1ccc(CN2CCN(Cc3cccc(Cl)c3)C3(C2)OC(=O)C(=O)O3)cc1. The van der Waals surface area contributed by atoms with Gasteiger partial charge in [0.25, 0.3) is 0 Å². The highest BCUT2D eigenvalue weighted by molar-refractivity contribution is 6.31. The largest absolute Gasteiger partial charge is 0.421 e. The molecule has 0 unspecified atom stereocenters. The fraction of sp³-hybridized carbons (Fsp3) is 0.364. The summed E-state index contributed by atoms with van der Waals surface area (Å²) in [6, 6.07) is 15.9. The Labute approximate surface area is 174 Å². The molecule has 2 saturated heterocycles. The summed E-state index contributed by atoms with van der Waals surface area (Å²) in [6.07, 6.45) is 0.997. The maximum atomic E-state index is 11.9. The van der Waals surface area contributed by atoms with Crippen LogP contribution in [0.1, 0.15) is 23.6 Å². The number of nitrogens with zero attached hydrogens (tertiary/aromatic N) is 2. The Kier molecular flexibility index (Phi) is 5.58. The summed E-state index contributed by atoms with van der Waals surface area (Å²) in [4.78, 5) is 27.8. The first kappa shape index (κ1) is 19.9. The van der Waals surface area contributed by atoms with E-state index in [4.69, 9.17) is 21.1 Å². The van der Waals surface area contributed by atoms with Gasteiger partial charge in [0.15, 0.2) is 0 Å². The predicted molar refractivity (Wildman–Crippen MR) is 108 cm³/mol. The van der Waals surface area contributed by atoms with Crippen LogP contribution in [0.3, 0.4) is 0 Å². The molecule has 2 aliphatic rings. The van der Waals surface area contributed by atoms with Crippen molar-refractivity contribution in [1.29, 1.82) is 0 Å². The summed E-state index contributed by atoms with van der Waals surface area (Å²) in [5, 5.41) is 0.631. The molecule has 1 spiro atoms. The number of carbonyl (C=O) groups excluding carboxylic acids is 2. The first-order chi connectivity index (χ1) is 14.0. The van der Waals surface area contributed by atoms with Gasteiger partial charge >= 0.3 is 17.8 Å². The van der Waals surface area contributed by atoms with Crippen molar-refractivity contribution in [3.05, 3.63) is 70.2 Å². The average molecular weight is 415 g/mol. The minimum absolute atomic E-state index is 0.292. The van der Waals surface area contributed by atoms with Crippen LogP contribution in [0.25, 0.3) is 0 Å². The molecule has 2 aromatic rings. The Balaban J connectivity index is 1.52. The first-order valence-electron chi connectivity index (χ1n) is 9.73. The number of carbonyl (C=O) groups is 2. The number of esters is 2. The van der Waals surface area contributed by atoms with Gasteiger partial charge < -0.3 is 9.47 Å². The van der Waals surface area contributed by atoms with Crippen LogP contribution in [0.5, 0.6) is 0 Å². The van der Waals surface area contributed by atoms with E-state index in [1.807, 2.05) is 23.1 Å². The van der Waals surface area contributed by atoms with Crippen molar-refractivity contribution in [3.8, 4) is 0 Å². The number of rotatable bonds is 5.